The van der Waals surface area contributed by atoms with E-state index in [0.29, 0.717) is 12.8 Å². The number of hydrogen-bond acceptors (Lipinski definition) is 3. The third-order valence-corrected chi connectivity index (χ3v) is 4.53. The molecule has 0 radical (unpaired) electrons. The summed E-state index contributed by atoms with van der Waals surface area (Å²) >= 11 is 0. The van der Waals surface area contributed by atoms with Crippen molar-refractivity contribution in [2.24, 2.45) is 16.6 Å². The van der Waals surface area contributed by atoms with Gasteiger partial charge in [0.05, 0.1) is 6.54 Å². The maximum atomic E-state index is 12.6. The smallest absolute Gasteiger partial charge is 0.254 e. The highest BCUT2D eigenvalue weighted by atomic mass is 19.1. The topological polar surface area (TPSA) is 64.7 Å². The first-order valence-electron chi connectivity index (χ1n) is 9.78. The van der Waals surface area contributed by atoms with Gasteiger partial charge in [-0.15, -0.1) is 0 Å². The minimum Gasteiger partial charge on any atom is -0.479 e. The molecule has 0 bridgehead atoms. The van der Waals surface area contributed by atoms with Crippen LogP contribution in [0.1, 0.15) is 56.8 Å². The van der Waals surface area contributed by atoms with Crippen molar-refractivity contribution in [3.05, 3.63) is 58.7 Å². The van der Waals surface area contributed by atoms with Gasteiger partial charge in [0.1, 0.15) is 35.5 Å². The fourth-order valence-electron chi connectivity index (χ4n) is 2.47. The second-order valence-electron chi connectivity index (χ2n) is 6.92. The van der Waals surface area contributed by atoms with Crippen LogP contribution in [-0.2, 0) is 4.74 Å². The van der Waals surface area contributed by atoms with Crippen LogP contribution in [0, 0.1) is 17.6 Å². The summed E-state index contributed by atoms with van der Waals surface area (Å²) < 4.78 is 55.2. The van der Waals surface area contributed by atoms with E-state index in [1.54, 1.807) is 0 Å². The van der Waals surface area contributed by atoms with Crippen LogP contribution in [0.15, 0.2) is 46.5 Å². The number of aliphatic imine (C=N–C) groups is 1. The van der Waals surface area contributed by atoms with E-state index in [0.717, 1.165) is 49.6 Å². The molecule has 1 aliphatic heterocycles. The van der Waals surface area contributed by atoms with E-state index in [1.165, 1.54) is 19.4 Å². The third kappa shape index (κ3) is 8.39. The number of ether oxygens (including phenoxy) is 1. The van der Waals surface area contributed by atoms with Gasteiger partial charge in [0, 0.05) is 18.4 Å². The van der Waals surface area contributed by atoms with E-state index in [-0.39, 0.29) is 11.4 Å². The Morgan fingerprint density at radius 3 is 2.27 bits per heavy atom. The molecule has 1 aromatic rings. The lowest BCUT2D eigenvalue weighted by atomic mass is 10.1. The summed E-state index contributed by atoms with van der Waals surface area (Å²) in [5, 5.41) is 0. The lowest BCUT2D eigenvalue weighted by Gasteiger charge is -2.06. The zero-order valence-electron chi connectivity index (χ0n) is 17.5. The molecule has 0 fully saturated rings. The number of halogens is 4. The highest BCUT2D eigenvalue weighted by Gasteiger charge is 2.13. The van der Waals surface area contributed by atoms with Gasteiger partial charge in [0.2, 0.25) is 0 Å². The second kappa shape index (κ2) is 12.8. The minimum absolute atomic E-state index is 0.168. The maximum Gasteiger partial charge on any atom is 0.254 e. The fourth-order valence-corrected chi connectivity index (χ4v) is 2.47. The normalized spacial score (nSPS) is 16.2. The van der Waals surface area contributed by atoms with Gasteiger partial charge in [-0.05, 0) is 37.5 Å². The molecule has 0 spiro atoms. The SMILES string of the molecule is CC1=C(F)CCC=C1F.CC[C@H](C)CC1=NCCO1.NC(=O)c1c(F)cccc1F. The van der Waals surface area contributed by atoms with Crippen LogP contribution >= 0.6 is 0 Å². The molecule has 1 aliphatic carbocycles. The Morgan fingerprint density at radius 1 is 1.23 bits per heavy atom. The van der Waals surface area contributed by atoms with E-state index in [9.17, 15) is 22.4 Å². The molecule has 3 rings (SSSR count). The minimum atomic E-state index is -1.10. The first kappa shape index (κ1) is 25.4. The summed E-state index contributed by atoms with van der Waals surface area (Å²) in [6.45, 7) is 7.54. The van der Waals surface area contributed by atoms with Gasteiger partial charge in [-0.3, -0.25) is 9.79 Å². The predicted octanol–water partition coefficient (Wildman–Crippen LogP) is 5.79. The number of carbonyl (C=O) groups is 1. The molecule has 0 saturated heterocycles. The standard InChI is InChI=1S/C8H15NO.C7H5F2NO.C7H8F2/c1-3-7(2)6-8-9-4-5-10-8;8-4-2-1-3-5(9)6(4)7(10)11;1-5-6(8)3-2-4-7(5)9/h7H,3-6H2,1-2H3;1-3H,(H2,10,11);3H,2,4H2,1H3/t7-;;/m0../s1. The van der Waals surface area contributed by atoms with Crippen LogP contribution in [0.3, 0.4) is 0 Å². The van der Waals surface area contributed by atoms with Crippen LogP contribution < -0.4 is 5.73 Å². The first-order chi connectivity index (χ1) is 14.2. The predicted molar refractivity (Wildman–Crippen MR) is 109 cm³/mol. The fraction of sp³-hybridized carbons (Fsp3) is 0.455. The Balaban J connectivity index is 0.000000226. The van der Waals surface area contributed by atoms with Crippen molar-refractivity contribution in [3.8, 4) is 0 Å². The Kier molecular flexibility index (Phi) is 10.9. The molecule has 8 heteroatoms. The van der Waals surface area contributed by atoms with Crippen LogP contribution in [0.2, 0.25) is 0 Å². The summed E-state index contributed by atoms with van der Waals surface area (Å²) in [5.74, 6) is -1.99. The van der Waals surface area contributed by atoms with E-state index >= 15 is 0 Å². The molecule has 4 nitrogen and oxygen atoms in total. The summed E-state index contributed by atoms with van der Waals surface area (Å²) in [5.41, 5.74) is 4.18. The lowest BCUT2D eigenvalue weighted by Crippen LogP contribution is -2.15. The van der Waals surface area contributed by atoms with Crippen molar-refractivity contribution >= 4 is 11.8 Å². The molecule has 2 N–H and O–H groups in total. The number of nitrogens with two attached hydrogens (primary N) is 1. The van der Waals surface area contributed by atoms with Crippen LogP contribution in [0.5, 0.6) is 0 Å². The lowest BCUT2D eigenvalue weighted by molar-refractivity contribution is 0.0992. The molecular weight excluding hydrogens is 400 g/mol. The van der Waals surface area contributed by atoms with Gasteiger partial charge in [-0.1, -0.05) is 26.3 Å². The largest absolute Gasteiger partial charge is 0.479 e. The molecule has 166 valence electrons. The Labute approximate surface area is 174 Å². The highest BCUT2D eigenvalue weighted by molar-refractivity contribution is 5.93. The van der Waals surface area contributed by atoms with Crippen molar-refractivity contribution in [1.82, 2.24) is 0 Å². The monoisotopic (exact) mass is 428 g/mol. The molecule has 0 aromatic heterocycles. The average Bonchev–Trinajstić information content (AvgIpc) is 3.19. The number of hydrogen-bond donors (Lipinski definition) is 1. The quantitative estimate of drug-likeness (QED) is 0.617. The number of rotatable bonds is 4. The van der Waals surface area contributed by atoms with Gasteiger partial charge >= 0.3 is 0 Å². The average molecular weight is 428 g/mol. The maximum absolute atomic E-state index is 12.6. The van der Waals surface area contributed by atoms with Crippen molar-refractivity contribution in [3.63, 3.8) is 0 Å². The number of carbonyl (C=O) groups excluding carboxylic acids is 1. The summed E-state index contributed by atoms with van der Waals surface area (Å²) in [6, 6.07) is 3.11. The summed E-state index contributed by atoms with van der Waals surface area (Å²) in [4.78, 5) is 14.6. The van der Waals surface area contributed by atoms with Gasteiger partial charge in [-0.25, -0.2) is 17.6 Å². The molecule has 30 heavy (non-hydrogen) atoms. The Bertz CT molecular complexity index is 799. The molecular formula is C22H28F4N2O2. The molecule has 2 aliphatic rings. The highest BCUT2D eigenvalue weighted by Crippen LogP contribution is 2.25. The van der Waals surface area contributed by atoms with Gasteiger partial charge in [0.25, 0.3) is 5.91 Å². The van der Waals surface area contributed by atoms with Crippen molar-refractivity contribution in [2.45, 2.75) is 46.5 Å². The van der Waals surface area contributed by atoms with Gasteiger partial charge < -0.3 is 10.5 Å². The third-order valence-electron chi connectivity index (χ3n) is 4.53. The number of amides is 1. The summed E-state index contributed by atoms with van der Waals surface area (Å²) in [6.07, 6.45) is 4.51. The van der Waals surface area contributed by atoms with E-state index in [2.05, 4.69) is 18.8 Å². The summed E-state index contributed by atoms with van der Waals surface area (Å²) in [7, 11) is 0. The molecule has 0 unspecified atom stereocenters. The number of benzene rings is 1. The van der Waals surface area contributed by atoms with Gasteiger partial charge in [0.15, 0.2) is 5.90 Å². The molecule has 1 heterocycles. The number of nitrogens with zero attached hydrogens (tertiary/aromatic N) is 1. The van der Waals surface area contributed by atoms with E-state index in [4.69, 9.17) is 10.5 Å². The molecule has 1 atom stereocenters. The van der Waals surface area contributed by atoms with Crippen LogP contribution in [0.4, 0.5) is 17.6 Å². The van der Waals surface area contributed by atoms with Crippen LogP contribution in [0.25, 0.3) is 0 Å². The molecule has 1 aromatic carbocycles. The first-order valence-corrected chi connectivity index (χ1v) is 9.78. The number of allylic oxidation sites excluding steroid dienone is 4. The molecule has 0 saturated carbocycles. The van der Waals surface area contributed by atoms with E-state index in [1.807, 2.05) is 0 Å². The van der Waals surface area contributed by atoms with Crippen molar-refractivity contribution in [1.29, 1.82) is 0 Å². The van der Waals surface area contributed by atoms with Crippen LogP contribution in [-0.4, -0.2) is 25.0 Å². The van der Waals surface area contributed by atoms with Crippen molar-refractivity contribution in [2.75, 3.05) is 13.2 Å². The Hall–Kier alpha value is -2.64. The zero-order valence-corrected chi connectivity index (χ0v) is 17.5. The zero-order chi connectivity index (χ0) is 22.7. The second-order valence-corrected chi connectivity index (χ2v) is 6.92. The van der Waals surface area contributed by atoms with E-state index < -0.39 is 28.9 Å². The van der Waals surface area contributed by atoms with Gasteiger partial charge in [-0.2, -0.15) is 0 Å². The number of primary amides is 1. The molecule has 1 amide bonds. The van der Waals surface area contributed by atoms with Crippen molar-refractivity contribution < 1.29 is 27.1 Å². The Morgan fingerprint density at radius 2 is 1.87 bits per heavy atom.